The summed E-state index contributed by atoms with van der Waals surface area (Å²) in [4.78, 5) is 31.3. The SMILES string of the molecule is CC#CC(=O)N1CCC[C@H]1COc1cnccc1-n1cc(Nc2cccc(F)c2OC)c2c1CCNC2=O. The van der Waals surface area contributed by atoms with Gasteiger partial charge < -0.3 is 29.6 Å². The number of nitrogens with one attached hydrogen (secondary N) is 2. The number of para-hydroxylation sites is 1. The van der Waals surface area contributed by atoms with Crippen molar-refractivity contribution in [3.8, 4) is 29.0 Å². The molecule has 4 heterocycles. The second-order valence-electron chi connectivity index (χ2n) is 9.01. The molecule has 10 heteroatoms. The fourth-order valence-electron chi connectivity index (χ4n) is 5.02. The average molecular weight is 518 g/mol. The first-order valence-corrected chi connectivity index (χ1v) is 12.4. The van der Waals surface area contributed by atoms with Crippen LogP contribution in [0.25, 0.3) is 5.69 Å². The zero-order chi connectivity index (χ0) is 26.6. The highest BCUT2D eigenvalue weighted by Crippen LogP contribution is 2.36. The Bertz CT molecular complexity index is 1440. The molecule has 0 saturated carbocycles. The number of ether oxygens (including phenoxy) is 2. The lowest BCUT2D eigenvalue weighted by atomic mass is 10.1. The number of methoxy groups -OCH3 is 1. The van der Waals surface area contributed by atoms with Gasteiger partial charge in [-0.2, -0.15) is 0 Å². The molecule has 2 aliphatic heterocycles. The van der Waals surface area contributed by atoms with Gasteiger partial charge in [-0.05, 0) is 43.9 Å². The lowest BCUT2D eigenvalue weighted by Crippen LogP contribution is -2.38. The summed E-state index contributed by atoms with van der Waals surface area (Å²) in [5, 5.41) is 6.06. The molecule has 196 valence electrons. The molecule has 1 saturated heterocycles. The minimum atomic E-state index is -0.510. The van der Waals surface area contributed by atoms with Gasteiger partial charge in [-0.25, -0.2) is 4.39 Å². The second kappa shape index (κ2) is 10.8. The largest absolute Gasteiger partial charge is 0.492 e. The summed E-state index contributed by atoms with van der Waals surface area (Å²) in [6.45, 7) is 3.08. The number of hydrogen-bond acceptors (Lipinski definition) is 6. The van der Waals surface area contributed by atoms with Crippen LogP contribution in [-0.2, 0) is 11.2 Å². The van der Waals surface area contributed by atoms with Crippen LogP contribution in [-0.4, -0.2) is 59.1 Å². The lowest BCUT2D eigenvalue weighted by molar-refractivity contribution is -0.126. The highest BCUT2D eigenvalue weighted by atomic mass is 19.1. The van der Waals surface area contributed by atoms with E-state index in [1.165, 1.54) is 13.2 Å². The summed E-state index contributed by atoms with van der Waals surface area (Å²) in [6, 6.07) is 6.30. The van der Waals surface area contributed by atoms with E-state index >= 15 is 0 Å². The van der Waals surface area contributed by atoms with E-state index in [0.717, 1.165) is 18.5 Å². The first-order valence-electron chi connectivity index (χ1n) is 12.4. The first kappa shape index (κ1) is 25.1. The quantitative estimate of drug-likeness (QED) is 0.466. The van der Waals surface area contributed by atoms with E-state index in [4.69, 9.17) is 9.47 Å². The van der Waals surface area contributed by atoms with E-state index in [0.29, 0.717) is 54.5 Å². The maximum atomic E-state index is 14.3. The average Bonchev–Trinajstić information content (AvgIpc) is 3.54. The summed E-state index contributed by atoms with van der Waals surface area (Å²) < 4.78 is 27.7. The Hall–Kier alpha value is -4.52. The number of aromatic nitrogens is 2. The fourth-order valence-corrected chi connectivity index (χ4v) is 5.02. The zero-order valence-electron chi connectivity index (χ0n) is 21.2. The molecule has 2 N–H and O–H groups in total. The molecule has 0 spiro atoms. The normalized spacial score (nSPS) is 16.2. The van der Waals surface area contributed by atoms with E-state index in [1.54, 1.807) is 42.5 Å². The standard InChI is InChI=1S/C28H28FN5O4/c1-3-6-25(35)33-14-5-7-18(33)17-38-24-15-30-12-10-22(24)34-16-21(26-23(34)11-13-31-28(26)36)32-20-9-4-8-19(29)27(20)37-2/h4,8-10,12,15-16,18,32H,5,7,11,13-14,17H2,1-2H3,(H,31,36)/t18-/m0/s1. The van der Waals surface area contributed by atoms with Gasteiger partial charge >= 0.3 is 0 Å². The fraction of sp³-hybridized carbons (Fsp3) is 0.321. The number of hydrogen-bond donors (Lipinski definition) is 2. The number of anilines is 2. The van der Waals surface area contributed by atoms with Gasteiger partial charge in [0, 0.05) is 37.6 Å². The molecular weight excluding hydrogens is 489 g/mol. The van der Waals surface area contributed by atoms with E-state index in [9.17, 15) is 14.0 Å². The molecule has 3 aromatic rings. The van der Waals surface area contributed by atoms with Crippen LogP contribution in [0, 0.1) is 17.7 Å². The second-order valence-corrected chi connectivity index (χ2v) is 9.01. The molecule has 1 atom stereocenters. The van der Waals surface area contributed by atoms with Crippen molar-refractivity contribution in [3.63, 3.8) is 0 Å². The maximum Gasteiger partial charge on any atom is 0.298 e. The third-order valence-electron chi connectivity index (χ3n) is 6.75. The Morgan fingerprint density at radius 1 is 1.32 bits per heavy atom. The number of benzene rings is 1. The molecule has 5 rings (SSSR count). The first-order chi connectivity index (χ1) is 18.5. The van der Waals surface area contributed by atoms with Gasteiger partial charge in [0.25, 0.3) is 11.8 Å². The van der Waals surface area contributed by atoms with Gasteiger partial charge in [0.1, 0.15) is 6.61 Å². The van der Waals surface area contributed by atoms with Crippen molar-refractivity contribution in [2.24, 2.45) is 0 Å². The maximum absolute atomic E-state index is 14.3. The number of amides is 2. The number of nitrogens with zero attached hydrogens (tertiary/aromatic N) is 3. The van der Waals surface area contributed by atoms with Gasteiger partial charge in [-0.15, -0.1) is 0 Å². The Morgan fingerprint density at radius 2 is 2.18 bits per heavy atom. The number of likely N-dealkylation sites (tertiary alicyclic amines) is 1. The van der Waals surface area contributed by atoms with Crippen molar-refractivity contribution in [2.75, 3.05) is 32.1 Å². The monoisotopic (exact) mass is 517 g/mol. The van der Waals surface area contributed by atoms with Crippen LogP contribution in [0.1, 0.15) is 35.8 Å². The molecular formula is C28H28FN5O4. The molecule has 2 aromatic heterocycles. The Morgan fingerprint density at radius 3 is 3.00 bits per heavy atom. The summed E-state index contributed by atoms with van der Waals surface area (Å²) in [6.07, 6.45) is 7.39. The Kier molecular flexibility index (Phi) is 7.18. The Balaban J connectivity index is 1.48. The van der Waals surface area contributed by atoms with Crippen LogP contribution in [0.15, 0.2) is 42.9 Å². The van der Waals surface area contributed by atoms with Crippen LogP contribution in [0.2, 0.25) is 0 Å². The highest BCUT2D eigenvalue weighted by Gasteiger charge is 2.30. The van der Waals surface area contributed by atoms with E-state index in [2.05, 4.69) is 27.5 Å². The third kappa shape index (κ3) is 4.75. The molecule has 0 aliphatic carbocycles. The summed E-state index contributed by atoms with van der Waals surface area (Å²) >= 11 is 0. The van der Waals surface area contributed by atoms with E-state index < -0.39 is 5.82 Å². The van der Waals surface area contributed by atoms with Crippen molar-refractivity contribution in [1.82, 2.24) is 19.8 Å². The van der Waals surface area contributed by atoms with Crippen molar-refractivity contribution >= 4 is 23.2 Å². The molecule has 1 fully saturated rings. The molecule has 1 aromatic carbocycles. The minimum absolute atomic E-state index is 0.0570. The zero-order valence-corrected chi connectivity index (χ0v) is 21.2. The van der Waals surface area contributed by atoms with E-state index in [-0.39, 0.29) is 23.6 Å². The van der Waals surface area contributed by atoms with Crippen molar-refractivity contribution < 1.29 is 23.5 Å². The molecule has 9 nitrogen and oxygen atoms in total. The van der Waals surface area contributed by atoms with Crippen LogP contribution >= 0.6 is 0 Å². The molecule has 0 unspecified atom stereocenters. The Labute approximate surface area is 219 Å². The van der Waals surface area contributed by atoms with Gasteiger partial charge in [-0.3, -0.25) is 14.6 Å². The number of rotatable bonds is 7. The molecule has 38 heavy (non-hydrogen) atoms. The highest BCUT2D eigenvalue weighted by molar-refractivity contribution is 6.03. The number of carbonyl (C=O) groups is 2. The molecule has 0 bridgehead atoms. The number of fused-ring (bicyclic) bond motifs is 1. The lowest BCUT2D eigenvalue weighted by Gasteiger charge is -2.23. The van der Waals surface area contributed by atoms with Gasteiger partial charge in [-0.1, -0.05) is 12.0 Å². The number of halogens is 1. The van der Waals surface area contributed by atoms with Crippen molar-refractivity contribution in [1.29, 1.82) is 0 Å². The third-order valence-corrected chi connectivity index (χ3v) is 6.75. The van der Waals surface area contributed by atoms with Gasteiger partial charge in [0.15, 0.2) is 17.3 Å². The minimum Gasteiger partial charge on any atom is -0.492 e. The van der Waals surface area contributed by atoms with Crippen LogP contribution < -0.4 is 20.1 Å². The predicted octanol–water partition coefficient (Wildman–Crippen LogP) is 3.44. The van der Waals surface area contributed by atoms with Crippen LogP contribution in [0.3, 0.4) is 0 Å². The van der Waals surface area contributed by atoms with Crippen molar-refractivity contribution in [3.05, 3.63) is 59.9 Å². The molecule has 0 radical (unpaired) electrons. The smallest absolute Gasteiger partial charge is 0.298 e. The van der Waals surface area contributed by atoms with Gasteiger partial charge in [0.2, 0.25) is 0 Å². The summed E-state index contributed by atoms with van der Waals surface area (Å²) in [7, 11) is 1.39. The summed E-state index contributed by atoms with van der Waals surface area (Å²) in [5.41, 5.74) is 2.87. The predicted molar refractivity (Wildman–Crippen MR) is 140 cm³/mol. The van der Waals surface area contributed by atoms with Gasteiger partial charge in [0.05, 0.1) is 42.0 Å². The van der Waals surface area contributed by atoms with Crippen LogP contribution in [0.4, 0.5) is 15.8 Å². The number of carbonyl (C=O) groups excluding carboxylic acids is 2. The van der Waals surface area contributed by atoms with Crippen LogP contribution in [0.5, 0.6) is 11.5 Å². The van der Waals surface area contributed by atoms with Crippen molar-refractivity contribution in [2.45, 2.75) is 32.2 Å². The molecule has 2 aliphatic rings. The number of pyridine rings is 1. The topological polar surface area (TPSA) is 97.7 Å². The summed E-state index contributed by atoms with van der Waals surface area (Å²) in [5.74, 6) is 4.93. The molecule has 2 amide bonds. The van der Waals surface area contributed by atoms with E-state index in [1.807, 2.05) is 10.6 Å².